The Kier molecular flexibility index (Phi) is 5.88. The first-order valence-corrected chi connectivity index (χ1v) is 7.52. The molecule has 0 amide bonds. The molecule has 2 N–H and O–H groups in total. The topological polar surface area (TPSA) is 49.3 Å². The van der Waals surface area contributed by atoms with Crippen molar-refractivity contribution < 1.29 is 9.90 Å². The molecular formula is C15H23NO2S. The number of benzene rings is 1. The lowest BCUT2D eigenvalue weighted by Crippen LogP contribution is -2.38. The number of hydrogen-bond donors (Lipinski definition) is 2. The zero-order chi connectivity index (χ0) is 14.5. The van der Waals surface area contributed by atoms with Gasteiger partial charge in [-0.15, -0.1) is 11.8 Å². The van der Waals surface area contributed by atoms with Crippen LogP contribution >= 0.6 is 11.8 Å². The second-order valence-electron chi connectivity index (χ2n) is 5.53. The van der Waals surface area contributed by atoms with E-state index in [0.29, 0.717) is 12.3 Å². The van der Waals surface area contributed by atoms with Crippen LogP contribution in [0.5, 0.6) is 0 Å². The van der Waals surface area contributed by atoms with Crippen molar-refractivity contribution in [2.24, 2.45) is 0 Å². The van der Waals surface area contributed by atoms with Crippen LogP contribution in [0.15, 0.2) is 29.2 Å². The molecule has 0 saturated carbocycles. The van der Waals surface area contributed by atoms with Gasteiger partial charge in [0.1, 0.15) is 6.04 Å². The maximum atomic E-state index is 11.0. The van der Waals surface area contributed by atoms with Crippen LogP contribution in [0.1, 0.15) is 33.3 Å². The molecule has 19 heavy (non-hydrogen) atoms. The molecule has 0 aliphatic carbocycles. The molecule has 1 rings (SSSR count). The van der Waals surface area contributed by atoms with E-state index in [1.165, 1.54) is 5.56 Å². The Labute approximate surface area is 119 Å². The Hall–Kier alpha value is -1.00. The molecule has 0 aromatic heterocycles. The van der Waals surface area contributed by atoms with Crippen molar-refractivity contribution in [3.8, 4) is 0 Å². The van der Waals surface area contributed by atoms with Crippen LogP contribution < -0.4 is 5.32 Å². The van der Waals surface area contributed by atoms with Crippen molar-refractivity contribution in [3.05, 3.63) is 29.8 Å². The highest BCUT2D eigenvalue weighted by Gasteiger charge is 2.16. The summed E-state index contributed by atoms with van der Waals surface area (Å²) in [6, 6.07) is 7.88. The molecule has 106 valence electrons. The van der Waals surface area contributed by atoms with Crippen LogP contribution in [0.2, 0.25) is 0 Å². The quantitative estimate of drug-likeness (QED) is 0.787. The zero-order valence-electron chi connectivity index (χ0n) is 12.1. The molecule has 0 saturated heterocycles. The summed E-state index contributed by atoms with van der Waals surface area (Å²) >= 11 is 1.57. The Morgan fingerprint density at radius 2 is 1.89 bits per heavy atom. The molecule has 0 spiro atoms. The van der Waals surface area contributed by atoms with E-state index in [1.807, 2.05) is 6.92 Å². The number of thioether (sulfide) groups is 1. The van der Waals surface area contributed by atoms with E-state index in [1.54, 1.807) is 11.8 Å². The number of carboxylic acid groups (broad SMARTS) is 1. The number of likely N-dealkylation sites (N-methyl/N-ethyl adjacent to an activating group) is 1. The SMILES string of the molecule is CCNC(CSc1ccc(C(C)(C)C)cc1)C(=O)O. The summed E-state index contributed by atoms with van der Waals surface area (Å²) in [4.78, 5) is 12.1. The summed E-state index contributed by atoms with van der Waals surface area (Å²) in [7, 11) is 0. The molecule has 0 heterocycles. The lowest BCUT2D eigenvalue weighted by molar-refractivity contribution is -0.138. The third kappa shape index (κ3) is 5.25. The van der Waals surface area contributed by atoms with E-state index in [9.17, 15) is 4.79 Å². The summed E-state index contributed by atoms with van der Waals surface area (Å²) < 4.78 is 0. The van der Waals surface area contributed by atoms with Gasteiger partial charge in [0.15, 0.2) is 0 Å². The lowest BCUT2D eigenvalue weighted by atomic mass is 9.87. The van der Waals surface area contributed by atoms with Gasteiger partial charge in [0.2, 0.25) is 0 Å². The fourth-order valence-electron chi connectivity index (χ4n) is 1.69. The van der Waals surface area contributed by atoms with Crippen LogP contribution in [0.4, 0.5) is 0 Å². The van der Waals surface area contributed by atoms with E-state index < -0.39 is 12.0 Å². The molecular weight excluding hydrogens is 258 g/mol. The molecule has 0 fully saturated rings. The lowest BCUT2D eigenvalue weighted by Gasteiger charge is -2.19. The van der Waals surface area contributed by atoms with Crippen LogP contribution in [0.3, 0.4) is 0 Å². The third-order valence-electron chi connectivity index (χ3n) is 2.89. The van der Waals surface area contributed by atoms with E-state index in [4.69, 9.17) is 5.11 Å². The summed E-state index contributed by atoms with van der Waals surface area (Å²) in [5.41, 5.74) is 1.44. The predicted octanol–water partition coefficient (Wildman–Crippen LogP) is 3.14. The largest absolute Gasteiger partial charge is 0.480 e. The first-order chi connectivity index (χ1) is 8.84. The average Bonchev–Trinajstić information content (AvgIpc) is 2.33. The molecule has 1 atom stereocenters. The minimum atomic E-state index is -0.791. The monoisotopic (exact) mass is 281 g/mol. The first kappa shape index (κ1) is 16.1. The third-order valence-corrected chi connectivity index (χ3v) is 3.99. The highest BCUT2D eigenvalue weighted by Crippen LogP contribution is 2.25. The zero-order valence-corrected chi connectivity index (χ0v) is 12.9. The number of carbonyl (C=O) groups is 1. The Bertz CT molecular complexity index is 409. The van der Waals surface area contributed by atoms with Crippen molar-refractivity contribution in [3.63, 3.8) is 0 Å². The number of carboxylic acids is 1. The summed E-state index contributed by atoms with van der Waals surface area (Å²) in [6.45, 7) is 9.13. The minimum absolute atomic E-state index is 0.149. The van der Waals surface area contributed by atoms with Gasteiger partial charge < -0.3 is 10.4 Å². The Morgan fingerprint density at radius 3 is 2.32 bits per heavy atom. The van der Waals surface area contributed by atoms with Crippen LogP contribution in [0.25, 0.3) is 0 Å². The number of nitrogens with one attached hydrogen (secondary N) is 1. The van der Waals surface area contributed by atoms with Crippen molar-refractivity contribution in [2.45, 2.75) is 44.0 Å². The highest BCUT2D eigenvalue weighted by atomic mass is 32.2. The van der Waals surface area contributed by atoms with Gasteiger partial charge in [0.25, 0.3) is 0 Å². The van der Waals surface area contributed by atoms with Gasteiger partial charge in [-0.1, -0.05) is 39.8 Å². The molecule has 4 heteroatoms. The van der Waals surface area contributed by atoms with Gasteiger partial charge in [-0.3, -0.25) is 4.79 Å². The van der Waals surface area contributed by atoms with Crippen LogP contribution in [-0.2, 0) is 10.2 Å². The molecule has 0 aliphatic rings. The van der Waals surface area contributed by atoms with Gasteiger partial charge in [0.05, 0.1) is 0 Å². The van der Waals surface area contributed by atoms with Gasteiger partial charge >= 0.3 is 5.97 Å². The fourth-order valence-corrected chi connectivity index (χ4v) is 2.64. The van der Waals surface area contributed by atoms with E-state index >= 15 is 0 Å². The van der Waals surface area contributed by atoms with Crippen LogP contribution in [-0.4, -0.2) is 29.4 Å². The van der Waals surface area contributed by atoms with Gasteiger partial charge in [0, 0.05) is 10.6 Å². The average molecular weight is 281 g/mol. The van der Waals surface area contributed by atoms with E-state index in [0.717, 1.165) is 4.90 Å². The predicted molar refractivity (Wildman–Crippen MR) is 81.0 cm³/mol. The molecule has 1 aromatic rings. The molecule has 0 bridgehead atoms. The first-order valence-electron chi connectivity index (χ1n) is 6.54. The molecule has 1 aromatic carbocycles. The second kappa shape index (κ2) is 6.96. The van der Waals surface area contributed by atoms with Crippen LogP contribution in [0, 0.1) is 0 Å². The molecule has 0 aliphatic heterocycles. The minimum Gasteiger partial charge on any atom is -0.480 e. The van der Waals surface area contributed by atoms with Gasteiger partial charge in [-0.25, -0.2) is 0 Å². The van der Waals surface area contributed by atoms with E-state index in [-0.39, 0.29) is 5.41 Å². The van der Waals surface area contributed by atoms with Gasteiger partial charge in [-0.05, 0) is 29.7 Å². The Balaban J connectivity index is 2.61. The second-order valence-corrected chi connectivity index (χ2v) is 6.63. The smallest absolute Gasteiger partial charge is 0.321 e. The number of hydrogen-bond acceptors (Lipinski definition) is 3. The van der Waals surface area contributed by atoms with E-state index in [2.05, 4.69) is 50.4 Å². The summed E-state index contributed by atoms with van der Waals surface area (Å²) in [5.74, 6) is -0.251. The Morgan fingerprint density at radius 1 is 1.32 bits per heavy atom. The maximum absolute atomic E-state index is 11.0. The highest BCUT2D eigenvalue weighted by molar-refractivity contribution is 7.99. The fraction of sp³-hybridized carbons (Fsp3) is 0.533. The normalized spacial score (nSPS) is 13.3. The van der Waals surface area contributed by atoms with Crippen molar-refractivity contribution in [1.29, 1.82) is 0 Å². The van der Waals surface area contributed by atoms with Crippen molar-refractivity contribution in [2.75, 3.05) is 12.3 Å². The summed E-state index contributed by atoms with van der Waals surface area (Å²) in [5, 5.41) is 12.0. The maximum Gasteiger partial charge on any atom is 0.321 e. The standard InChI is InChI=1S/C15H23NO2S/c1-5-16-13(14(17)18)10-19-12-8-6-11(7-9-12)15(2,3)4/h6-9,13,16H,5,10H2,1-4H3,(H,17,18). The molecule has 3 nitrogen and oxygen atoms in total. The molecule has 0 radical (unpaired) electrons. The van der Waals surface area contributed by atoms with Crippen molar-refractivity contribution >= 4 is 17.7 Å². The summed E-state index contributed by atoms with van der Waals surface area (Å²) in [6.07, 6.45) is 0. The molecule has 1 unspecified atom stereocenters. The number of rotatable bonds is 6. The number of aliphatic carboxylic acids is 1. The van der Waals surface area contributed by atoms with Crippen molar-refractivity contribution in [1.82, 2.24) is 5.32 Å². The van der Waals surface area contributed by atoms with Gasteiger partial charge in [-0.2, -0.15) is 0 Å².